The highest BCUT2D eigenvalue weighted by Gasteiger charge is 2.34. The van der Waals surface area contributed by atoms with Gasteiger partial charge in [-0.05, 0) is 70.8 Å². The first-order valence-electron chi connectivity index (χ1n) is 12.2. The summed E-state index contributed by atoms with van der Waals surface area (Å²) >= 11 is 1.63. The number of pyridine rings is 1. The number of nitrogens with zero attached hydrogens (tertiary/aromatic N) is 5. The van der Waals surface area contributed by atoms with Crippen molar-refractivity contribution in [3.8, 4) is 11.5 Å². The van der Waals surface area contributed by atoms with E-state index in [9.17, 15) is 4.79 Å². The highest BCUT2D eigenvalue weighted by atomic mass is 32.1. The quantitative estimate of drug-likeness (QED) is 0.314. The Morgan fingerprint density at radius 3 is 2.78 bits per heavy atom. The summed E-state index contributed by atoms with van der Waals surface area (Å²) in [4.78, 5) is 32.3. The normalized spacial score (nSPS) is 15.1. The lowest BCUT2D eigenvalue weighted by Gasteiger charge is -2.20. The molecule has 1 amide bonds. The lowest BCUT2D eigenvalue weighted by Crippen LogP contribution is -2.26. The maximum Gasteiger partial charge on any atom is 0.247 e. The number of likely N-dealkylation sites (N-methyl/N-ethyl adjacent to an activating group) is 1. The van der Waals surface area contributed by atoms with Gasteiger partial charge >= 0.3 is 0 Å². The van der Waals surface area contributed by atoms with E-state index >= 15 is 0 Å². The van der Waals surface area contributed by atoms with E-state index in [2.05, 4.69) is 27.2 Å². The first-order chi connectivity index (χ1) is 17.8. The summed E-state index contributed by atoms with van der Waals surface area (Å²) in [5.74, 6) is 2.23. The van der Waals surface area contributed by atoms with Crippen LogP contribution < -0.4 is 10.1 Å². The van der Waals surface area contributed by atoms with Crippen molar-refractivity contribution in [2.75, 3.05) is 26.0 Å². The zero-order valence-corrected chi connectivity index (χ0v) is 22.5. The largest absolute Gasteiger partial charge is 0.455 e. The molecule has 1 aliphatic rings. The number of thiophene rings is 1. The molecular formula is C28H30N6O2S. The molecule has 190 valence electrons. The van der Waals surface area contributed by atoms with Gasteiger partial charge < -0.3 is 19.9 Å². The number of aromatic nitrogens is 3. The molecule has 9 heteroatoms. The van der Waals surface area contributed by atoms with Crippen LogP contribution in [0.25, 0.3) is 10.2 Å². The SMILES string of the molecule is Cc1ccc(Oc2ccc(Nc3ncnc4sc5c(c34)CN(C(=O)/C=C/CN(C)C)[C@@H]5C)cc2C)cn1. The van der Waals surface area contributed by atoms with Gasteiger partial charge in [0.25, 0.3) is 0 Å². The van der Waals surface area contributed by atoms with Crippen LogP contribution in [0.15, 0.2) is 55.0 Å². The molecule has 1 atom stereocenters. The van der Waals surface area contributed by atoms with Crippen molar-refractivity contribution >= 4 is 39.0 Å². The van der Waals surface area contributed by atoms with Gasteiger partial charge in [-0.25, -0.2) is 9.97 Å². The van der Waals surface area contributed by atoms with Gasteiger partial charge in [-0.2, -0.15) is 0 Å². The number of hydrogen-bond acceptors (Lipinski definition) is 8. The number of fused-ring (bicyclic) bond motifs is 3. The van der Waals surface area contributed by atoms with Crippen molar-refractivity contribution in [1.82, 2.24) is 24.8 Å². The van der Waals surface area contributed by atoms with E-state index in [1.54, 1.807) is 29.9 Å². The molecule has 0 bridgehead atoms. The van der Waals surface area contributed by atoms with Gasteiger partial charge in [0.05, 0.1) is 17.6 Å². The highest BCUT2D eigenvalue weighted by Crippen LogP contribution is 2.45. The van der Waals surface area contributed by atoms with Crippen LogP contribution in [-0.2, 0) is 11.3 Å². The number of aryl methyl sites for hydroxylation is 2. The molecule has 1 aliphatic heterocycles. The predicted molar refractivity (Wildman–Crippen MR) is 148 cm³/mol. The van der Waals surface area contributed by atoms with E-state index in [1.807, 2.05) is 74.2 Å². The average Bonchev–Trinajstić information content (AvgIpc) is 3.39. The Labute approximate surface area is 220 Å². The van der Waals surface area contributed by atoms with E-state index in [0.29, 0.717) is 12.3 Å². The summed E-state index contributed by atoms with van der Waals surface area (Å²) in [6.45, 7) is 7.30. The van der Waals surface area contributed by atoms with Crippen molar-refractivity contribution in [2.24, 2.45) is 0 Å². The third-order valence-electron chi connectivity index (χ3n) is 6.36. The molecule has 1 N–H and O–H groups in total. The minimum atomic E-state index is -0.00602. The number of carbonyl (C=O) groups excluding carboxylic acids is 1. The number of nitrogens with one attached hydrogen (secondary N) is 1. The third-order valence-corrected chi connectivity index (χ3v) is 7.67. The van der Waals surface area contributed by atoms with E-state index in [-0.39, 0.29) is 11.9 Å². The molecular weight excluding hydrogens is 484 g/mol. The second-order valence-electron chi connectivity index (χ2n) is 9.50. The van der Waals surface area contributed by atoms with Gasteiger partial charge in [0.1, 0.15) is 28.5 Å². The Morgan fingerprint density at radius 1 is 1.22 bits per heavy atom. The van der Waals surface area contributed by atoms with Crippen molar-refractivity contribution in [3.63, 3.8) is 0 Å². The fraction of sp³-hybridized carbons (Fsp3) is 0.286. The standard InChI is InChI=1S/C28H30N6O2S/c1-17-13-20(9-11-23(17)36-21-10-8-18(2)29-14-21)32-27-25-22-15-34(24(35)7-6-12-33(4)5)19(3)26(22)37-28(25)31-16-30-27/h6-11,13-14,16,19H,12,15H2,1-5H3,(H,30,31,32)/b7-6+/t19-/m1/s1. The molecule has 0 spiro atoms. The first-order valence-corrected chi connectivity index (χ1v) is 13.0. The Hall–Kier alpha value is -3.82. The summed E-state index contributed by atoms with van der Waals surface area (Å²) < 4.78 is 6.01. The predicted octanol–water partition coefficient (Wildman–Crippen LogP) is 5.76. The Bertz CT molecular complexity index is 1480. The summed E-state index contributed by atoms with van der Waals surface area (Å²) in [5.41, 5.74) is 3.95. The number of hydrogen-bond donors (Lipinski definition) is 1. The number of anilines is 2. The molecule has 0 radical (unpaired) electrons. The lowest BCUT2D eigenvalue weighted by atomic mass is 10.1. The molecule has 8 nitrogen and oxygen atoms in total. The minimum absolute atomic E-state index is 0.00602. The molecule has 4 aromatic rings. The Morgan fingerprint density at radius 2 is 2.05 bits per heavy atom. The number of carbonyl (C=O) groups is 1. The van der Waals surface area contributed by atoms with Gasteiger partial charge in [0.15, 0.2) is 0 Å². The Kier molecular flexibility index (Phi) is 6.90. The number of amides is 1. The number of rotatable bonds is 7. The second kappa shape index (κ2) is 10.3. The number of benzene rings is 1. The summed E-state index contributed by atoms with van der Waals surface area (Å²) in [7, 11) is 3.96. The van der Waals surface area contributed by atoms with Crippen LogP contribution in [0, 0.1) is 13.8 Å². The summed E-state index contributed by atoms with van der Waals surface area (Å²) in [6.07, 6.45) is 6.89. The molecule has 0 saturated carbocycles. The molecule has 0 aliphatic carbocycles. The highest BCUT2D eigenvalue weighted by molar-refractivity contribution is 7.19. The van der Waals surface area contributed by atoms with E-state index in [4.69, 9.17) is 4.74 Å². The van der Waals surface area contributed by atoms with Crippen LogP contribution in [0.1, 0.15) is 34.7 Å². The van der Waals surface area contributed by atoms with Gasteiger partial charge in [-0.1, -0.05) is 6.08 Å². The molecule has 0 fully saturated rings. The molecule has 4 heterocycles. The third kappa shape index (κ3) is 5.19. The van der Waals surface area contributed by atoms with Crippen molar-refractivity contribution < 1.29 is 9.53 Å². The van der Waals surface area contributed by atoms with Crippen molar-refractivity contribution in [3.05, 3.63) is 76.7 Å². The van der Waals surface area contributed by atoms with Crippen LogP contribution in [0.5, 0.6) is 11.5 Å². The Balaban J connectivity index is 1.38. The fourth-order valence-electron chi connectivity index (χ4n) is 4.39. The van der Waals surface area contributed by atoms with Crippen LogP contribution in [0.3, 0.4) is 0 Å². The van der Waals surface area contributed by atoms with Crippen LogP contribution in [0.4, 0.5) is 11.5 Å². The van der Waals surface area contributed by atoms with Crippen molar-refractivity contribution in [2.45, 2.75) is 33.4 Å². The van der Waals surface area contributed by atoms with E-state index in [0.717, 1.165) is 50.8 Å². The topological polar surface area (TPSA) is 83.5 Å². The molecule has 37 heavy (non-hydrogen) atoms. The van der Waals surface area contributed by atoms with Crippen LogP contribution in [-0.4, -0.2) is 51.3 Å². The first kappa shape index (κ1) is 24.9. The van der Waals surface area contributed by atoms with Crippen LogP contribution in [0.2, 0.25) is 0 Å². The van der Waals surface area contributed by atoms with Gasteiger partial charge in [-0.15, -0.1) is 11.3 Å². The van der Waals surface area contributed by atoms with Gasteiger partial charge in [0, 0.05) is 41.0 Å². The molecule has 0 saturated heterocycles. The zero-order chi connectivity index (χ0) is 26.1. The van der Waals surface area contributed by atoms with E-state index < -0.39 is 0 Å². The molecule has 3 aromatic heterocycles. The fourth-order valence-corrected chi connectivity index (χ4v) is 5.61. The maximum absolute atomic E-state index is 12.9. The minimum Gasteiger partial charge on any atom is -0.455 e. The average molecular weight is 515 g/mol. The van der Waals surface area contributed by atoms with Crippen LogP contribution >= 0.6 is 11.3 Å². The zero-order valence-electron chi connectivity index (χ0n) is 21.6. The summed E-state index contributed by atoms with van der Waals surface area (Å²) in [5, 5.41) is 4.45. The molecule has 5 rings (SSSR count). The summed E-state index contributed by atoms with van der Waals surface area (Å²) in [6, 6.07) is 9.78. The molecule has 1 aromatic carbocycles. The molecule has 0 unspecified atom stereocenters. The van der Waals surface area contributed by atoms with Gasteiger partial charge in [0.2, 0.25) is 5.91 Å². The lowest BCUT2D eigenvalue weighted by molar-refractivity contribution is -0.127. The van der Waals surface area contributed by atoms with E-state index in [1.165, 1.54) is 4.88 Å². The maximum atomic E-state index is 12.9. The monoisotopic (exact) mass is 514 g/mol. The van der Waals surface area contributed by atoms with Crippen molar-refractivity contribution in [1.29, 1.82) is 0 Å². The smallest absolute Gasteiger partial charge is 0.247 e. The second-order valence-corrected chi connectivity index (χ2v) is 10.5. The number of ether oxygens (including phenoxy) is 1. The van der Waals surface area contributed by atoms with Gasteiger partial charge in [-0.3, -0.25) is 9.78 Å².